The highest BCUT2D eigenvalue weighted by Crippen LogP contribution is 2.24. The van der Waals surface area contributed by atoms with Crippen molar-refractivity contribution in [2.75, 3.05) is 0 Å². The minimum atomic E-state index is -0.372. The van der Waals surface area contributed by atoms with E-state index in [1.807, 2.05) is 6.08 Å². The van der Waals surface area contributed by atoms with Crippen LogP contribution in [0, 0.1) is 5.92 Å². The zero-order chi connectivity index (χ0) is 18.3. The summed E-state index contributed by atoms with van der Waals surface area (Å²) in [6, 6.07) is 0. The molecule has 0 aromatic heterocycles. The van der Waals surface area contributed by atoms with Gasteiger partial charge in [0, 0.05) is 0 Å². The van der Waals surface area contributed by atoms with Crippen molar-refractivity contribution in [3.8, 4) is 0 Å². The van der Waals surface area contributed by atoms with E-state index in [-0.39, 0.29) is 24.3 Å². The van der Waals surface area contributed by atoms with Crippen molar-refractivity contribution in [2.24, 2.45) is 5.92 Å². The standard InChI is InChI=1S/C22H38O3/c1-3-5-7-9-10-11-12-14-16-19(15-13-8-6-4-2)17-20-18-21(23)25-22(20)24/h17,20H,3-16,18H2,1-2H3. The second-order valence-corrected chi connectivity index (χ2v) is 7.46. The minimum Gasteiger partial charge on any atom is -0.393 e. The van der Waals surface area contributed by atoms with Crippen molar-refractivity contribution in [3.63, 3.8) is 0 Å². The number of cyclic esters (lactones) is 2. The molecular formula is C22H38O3. The summed E-state index contributed by atoms with van der Waals surface area (Å²) in [7, 11) is 0. The topological polar surface area (TPSA) is 43.4 Å². The number of esters is 2. The van der Waals surface area contributed by atoms with Crippen LogP contribution in [0.2, 0.25) is 0 Å². The highest BCUT2D eigenvalue weighted by molar-refractivity contribution is 5.95. The Hall–Kier alpha value is -1.12. The van der Waals surface area contributed by atoms with Gasteiger partial charge in [-0.2, -0.15) is 0 Å². The molecule has 144 valence electrons. The summed E-state index contributed by atoms with van der Waals surface area (Å²) < 4.78 is 4.69. The Morgan fingerprint density at radius 2 is 1.32 bits per heavy atom. The van der Waals surface area contributed by atoms with Gasteiger partial charge in [0.15, 0.2) is 0 Å². The molecule has 0 radical (unpaired) electrons. The molecule has 1 rings (SSSR count). The molecule has 1 heterocycles. The molecular weight excluding hydrogens is 312 g/mol. The molecule has 0 spiro atoms. The van der Waals surface area contributed by atoms with E-state index in [1.165, 1.54) is 82.6 Å². The van der Waals surface area contributed by atoms with Gasteiger partial charge in [-0.3, -0.25) is 9.59 Å². The van der Waals surface area contributed by atoms with E-state index < -0.39 is 0 Å². The molecule has 3 heteroatoms. The lowest BCUT2D eigenvalue weighted by Gasteiger charge is -2.10. The maximum Gasteiger partial charge on any atom is 0.321 e. The third kappa shape index (κ3) is 10.5. The molecule has 0 amide bonds. The second kappa shape index (κ2) is 14.1. The Morgan fingerprint density at radius 3 is 1.80 bits per heavy atom. The Bertz CT molecular complexity index is 411. The molecule has 0 aliphatic carbocycles. The number of hydrogen-bond donors (Lipinski definition) is 0. The van der Waals surface area contributed by atoms with Crippen LogP contribution in [0.5, 0.6) is 0 Å². The van der Waals surface area contributed by atoms with E-state index >= 15 is 0 Å². The summed E-state index contributed by atoms with van der Waals surface area (Å²) in [6.45, 7) is 4.47. The van der Waals surface area contributed by atoms with Crippen LogP contribution in [0.1, 0.15) is 110 Å². The first-order chi connectivity index (χ1) is 12.2. The predicted octanol–water partition coefficient (Wildman–Crippen LogP) is 6.50. The lowest BCUT2D eigenvalue weighted by molar-refractivity contribution is -0.152. The van der Waals surface area contributed by atoms with E-state index in [0.29, 0.717) is 0 Å². The van der Waals surface area contributed by atoms with Crippen LogP contribution in [-0.2, 0) is 14.3 Å². The fourth-order valence-electron chi connectivity index (χ4n) is 3.46. The number of allylic oxidation sites excluding steroid dienone is 1. The summed E-state index contributed by atoms with van der Waals surface area (Å²) in [6.07, 6.45) is 19.9. The average molecular weight is 351 g/mol. The van der Waals surface area contributed by atoms with Crippen molar-refractivity contribution >= 4 is 11.9 Å². The monoisotopic (exact) mass is 350 g/mol. The van der Waals surface area contributed by atoms with E-state index in [0.717, 1.165) is 12.8 Å². The van der Waals surface area contributed by atoms with Crippen LogP contribution in [-0.4, -0.2) is 11.9 Å². The lowest BCUT2D eigenvalue weighted by atomic mass is 9.95. The van der Waals surface area contributed by atoms with E-state index in [9.17, 15) is 9.59 Å². The van der Waals surface area contributed by atoms with Crippen LogP contribution in [0.3, 0.4) is 0 Å². The summed E-state index contributed by atoms with van der Waals surface area (Å²) in [5.41, 5.74) is 1.36. The molecule has 1 aliphatic rings. The molecule has 0 aromatic carbocycles. The van der Waals surface area contributed by atoms with Gasteiger partial charge >= 0.3 is 11.9 Å². The van der Waals surface area contributed by atoms with Crippen molar-refractivity contribution in [3.05, 3.63) is 11.6 Å². The Labute approximate surface area is 154 Å². The number of unbranched alkanes of at least 4 members (excludes halogenated alkanes) is 10. The lowest BCUT2D eigenvalue weighted by Crippen LogP contribution is -2.05. The Balaban J connectivity index is 2.32. The maximum atomic E-state index is 11.7. The minimum absolute atomic E-state index is 0.231. The maximum absolute atomic E-state index is 11.7. The van der Waals surface area contributed by atoms with Crippen LogP contribution >= 0.6 is 0 Å². The van der Waals surface area contributed by atoms with Crippen molar-refractivity contribution in [2.45, 2.75) is 110 Å². The molecule has 1 unspecified atom stereocenters. The summed E-state index contributed by atoms with van der Waals surface area (Å²) in [5.74, 6) is -1.06. The summed E-state index contributed by atoms with van der Waals surface area (Å²) >= 11 is 0. The molecule has 0 saturated carbocycles. The van der Waals surface area contributed by atoms with E-state index in [2.05, 4.69) is 18.6 Å². The Kier molecular flexibility index (Phi) is 12.4. The second-order valence-electron chi connectivity index (χ2n) is 7.46. The molecule has 1 atom stereocenters. The number of carbonyl (C=O) groups is 2. The molecule has 1 aliphatic heterocycles. The molecule has 0 bridgehead atoms. The van der Waals surface area contributed by atoms with Crippen molar-refractivity contribution in [1.29, 1.82) is 0 Å². The van der Waals surface area contributed by atoms with Crippen LogP contribution < -0.4 is 0 Å². The summed E-state index contributed by atoms with van der Waals surface area (Å²) in [5, 5.41) is 0. The fraction of sp³-hybridized carbons (Fsp3) is 0.818. The first-order valence-electron chi connectivity index (χ1n) is 10.6. The van der Waals surface area contributed by atoms with Gasteiger partial charge in [0.05, 0.1) is 12.3 Å². The van der Waals surface area contributed by atoms with Crippen LogP contribution in [0.4, 0.5) is 0 Å². The zero-order valence-corrected chi connectivity index (χ0v) is 16.5. The van der Waals surface area contributed by atoms with Gasteiger partial charge in [-0.15, -0.1) is 0 Å². The first kappa shape index (κ1) is 21.9. The predicted molar refractivity (Wildman–Crippen MR) is 103 cm³/mol. The normalized spacial score (nSPS) is 18.0. The average Bonchev–Trinajstić information content (AvgIpc) is 2.91. The molecule has 1 saturated heterocycles. The van der Waals surface area contributed by atoms with Gasteiger partial charge < -0.3 is 4.74 Å². The molecule has 0 aromatic rings. The Morgan fingerprint density at radius 1 is 0.840 bits per heavy atom. The fourth-order valence-corrected chi connectivity index (χ4v) is 3.46. The van der Waals surface area contributed by atoms with Gasteiger partial charge in [-0.05, 0) is 25.7 Å². The van der Waals surface area contributed by atoms with Crippen LogP contribution in [0.15, 0.2) is 11.6 Å². The quantitative estimate of drug-likeness (QED) is 0.146. The summed E-state index contributed by atoms with van der Waals surface area (Å²) in [4.78, 5) is 23.0. The van der Waals surface area contributed by atoms with Crippen LogP contribution in [0.25, 0.3) is 0 Å². The highest BCUT2D eigenvalue weighted by atomic mass is 16.6. The van der Waals surface area contributed by atoms with Gasteiger partial charge in [-0.25, -0.2) is 0 Å². The molecule has 1 fully saturated rings. The number of ether oxygens (including phenoxy) is 1. The molecule has 25 heavy (non-hydrogen) atoms. The zero-order valence-electron chi connectivity index (χ0n) is 16.5. The smallest absolute Gasteiger partial charge is 0.321 e. The van der Waals surface area contributed by atoms with Crippen molar-refractivity contribution < 1.29 is 14.3 Å². The largest absolute Gasteiger partial charge is 0.393 e. The number of carbonyl (C=O) groups excluding carboxylic acids is 2. The number of hydrogen-bond acceptors (Lipinski definition) is 3. The highest BCUT2D eigenvalue weighted by Gasteiger charge is 2.31. The van der Waals surface area contributed by atoms with Gasteiger partial charge in [0.1, 0.15) is 0 Å². The number of rotatable bonds is 15. The third-order valence-electron chi connectivity index (χ3n) is 5.04. The van der Waals surface area contributed by atoms with Gasteiger partial charge in [0.2, 0.25) is 0 Å². The first-order valence-corrected chi connectivity index (χ1v) is 10.6. The third-order valence-corrected chi connectivity index (χ3v) is 5.04. The van der Waals surface area contributed by atoms with Crippen molar-refractivity contribution in [1.82, 2.24) is 0 Å². The van der Waals surface area contributed by atoms with Gasteiger partial charge in [-0.1, -0.05) is 89.7 Å². The molecule has 3 nitrogen and oxygen atoms in total. The van der Waals surface area contributed by atoms with Gasteiger partial charge in [0.25, 0.3) is 0 Å². The van der Waals surface area contributed by atoms with E-state index in [4.69, 9.17) is 0 Å². The SMILES string of the molecule is CCCCCCCCCCC(=CC1CC(=O)OC1=O)CCCCCC. The van der Waals surface area contributed by atoms with E-state index in [1.54, 1.807) is 0 Å². The molecule has 0 N–H and O–H groups in total.